The van der Waals surface area contributed by atoms with E-state index in [0.717, 1.165) is 4.31 Å². The fraction of sp³-hybridized carbons (Fsp3) is 0.0870. The number of nitrogens with zero attached hydrogens (tertiary/aromatic N) is 4. The van der Waals surface area contributed by atoms with Gasteiger partial charge in [0.2, 0.25) is 0 Å². The van der Waals surface area contributed by atoms with Gasteiger partial charge in [-0.25, -0.2) is 18.4 Å². The molecule has 4 rings (SSSR count). The summed E-state index contributed by atoms with van der Waals surface area (Å²) in [5, 5.41) is 2.73. The number of sulfonamides is 1. The molecule has 2 aromatic carbocycles. The zero-order chi connectivity index (χ0) is 23.4. The van der Waals surface area contributed by atoms with Crippen LogP contribution in [0.15, 0.2) is 90.5 Å². The van der Waals surface area contributed by atoms with Gasteiger partial charge in [0.1, 0.15) is 17.9 Å². The number of hydrogen-bond donors (Lipinski definition) is 1. The molecule has 1 amide bonds. The zero-order valence-electron chi connectivity index (χ0n) is 17.9. The Kier molecular flexibility index (Phi) is 6.09. The highest BCUT2D eigenvalue weighted by Crippen LogP contribution is 2.25. The first-order chi connectivity index (χ1) is 15.9. The predicted molar refractivity (Wildman–Crippen MR) is 124 cm³/mol. The number of amides is 1. The number of carbonyl (C=O) groups excluding carboxylic acids is 1. The number of pyridine rings is 1. The second kappa shape index (κ2) is 9.13. The summed E-state index contributed by atoms with van der Waals surface area (Å²) in [6.45, 7) is 0. The van der Waals surface area contributed by atoms with Gasteiger partial charge in [-0.15, -0.1) is 0 Å². The molecule has 2 heterocycles. The first-order valence-corrected chi connectivity index (χ1v) is 11.3. The Balaban J connectivity index is 1.52. The van der Waals surface area contributed by atoms with E-state index in [0.29, 0.717) is 22.9 Å². The van der Waals surface area contributed by atoms with E-state index in [1.807, 2.05) is 0 Å². The second-order valence-electron chi connectivity index (χ2n) is 7.03. The number of aromatic nitrogens is 3. The number of carbonyl (C=O) groups is 1. The van der Waals surface area contributed by atoms with Crippen LogP contribution in [0.4, 0.5) is 11.4 Å². The van der Waals surface area contributed by atoms with Crippen molar-refractivity contribution in [3.05, 3.63) is 91.1 Å². The van der Waals surface area contributed by atoms with Gasteiger partial charge in [0.25, 0.3) is 15.9 Å². The molecule has 0 radical (unpaired) electrons. The summed E-state index contributed by atoms with van der Waals surface area (Å²) in [4.78, 5) is 21.0. The van der Waals surface area contributed by atoms with E-state index in [4.69, 9.17) is 4.74 Å². The molecule has 0 aliphatic heterocycles. The van der Waals surface area contributed by atoms with Crippen LogP contribution >= 0.6 is 0 Å². The van der Waals surface area contributed by atoms with Crippen molar-refractivity contribution in [3.8, 4) is 11.6 Å². The molecule has 9 nitrogen and oxygen atoms in total. The highest BCUT2D eigenvalue weighted by Gasteiger charge is 2.22. The number of methoxy groups -OCH3 is 1. The summed E-state index contributed by atoms with van der Waals surface area (Å²) in [5.74, 6) is 0.826. The van der Waals surface area contributed by atoms with Gasteiger partial charge >= 0.3 is 0 Å². The number of rotatable bonds is 7. The molecule has 168 valence electrons. The molecular weight excluding hydrogens is 442 g/mol. The van der Waals surface area contributed by atoms with Crippen LogP contribution in [0.3, 0.4) is 0 Å². The van der Waals surface area contributed by atoms with E-state index in [2.05, 4.69) is 15.3 Å². The van der Waals surface area contributed by atoms with Crippen molar-refractivity contribution < 1.29 is 17.9 Å². The maximum Gasteiger partial charge on any atom is 0.264 e. The van der Waals surface area contributed by atoms with Crippen molar-refractivity contribution in [3.63, 3.8) is 0 Å². The van der Waals surface area contributed by atoms with E-state index >= 15 is 0 Å². The lowest BCUT2D eigenvalue weighted by Crippen LogP contribution is -2.26. The van der Waals surface area contributed by atoms with Crippen LogP contribution < -0.4 is 14.4 Å². The van der Waals surface area contributed by atoms with Crippen LogP contribution in [0.1, 0.15) is 10.4 Å². The molecule has 33 heavy (non-hydrogen) atoms. The van der Waals surface area contributed by atoms with Gasteiger partial charge in [-0.05, 0) is 54.6 Å². The SMILES string of the molecule is COc1ccc(N(C)S(=O)(=O)c2cccc(C(=O)Nc3ccc(-n4ccnc4)nc3)c2)cc1. The predicted octanol–water partition coefficient (Wildman–Crippen LogP) is 3.35. The monoisotopic (exact) mass is 463 g/mol. The number of nitrogens with one attached hydrogen (secondary N) is 1. The average molecular weight is 464 g/mol. The Morgan fingerprint density at radius 1 is 1.09 bits per heavy atom. The van der Waals surface area contributed by atoms with E-state index in [1.54, 1.807) is 65.8 Å². The lowest BCUT2D eigenvalue weighted by molar-refractivity contribution is 0.102. The Bertz CT molecular complexity index is 1350. The van der Waals surface area contributed by atoms with Gasteiger partial charge in [-0.3, -0.25) is 13.7 Å². The Morgan fingerprint density at radius 2 is 1.88 bits per heavy atom. The molecule has 4 aromatic rings. The Hall–Kier alpha value is -4.18. The molecule has 0 spiro atoms. The minimum absolute atomic E-state index is 0.00190. The first kappa shape index (κ1) is 22.0. The van der Waals surface area contributed by atoms with Crippen LogP contribution in [0, 0.1) is 0 Å². The molecule has 0 bridgehead atoms. The maximum atomic E-state index is 13.1. The van der Waals surface area contributed by atoms with Crippen molar-refractivity contribution in [2.24, 2.45) is 0 Å². The van der Waals surface area contributed by atoms with Gasteiger partial charge in [-0.2, -0.15) is 0 Å². The number of imidazole rings is 1. The molecule has 0 atom stereocenters. The van der Waals surface area contributed by atoms with Crippen LogP contribution in [0.5, 0.6) is 5.75 Å². The summed E-state index contributed by atoms with van der Waals surface area (Å²) in [6.07, 6.45) is 6.54. The van der Waals surface area contributed by atoms with Crippen molar-refractivity contribution in [1.29, 1.82) is 0 Å². The molecule has 0 fully saturated rings. The smallest absolute Gasteiger partial charge is 0.264 e. The van der Waals surface area contributed by atoms with Crippen molar-refractivity contribution in [2.45, 2.75) is 4.90 Å². The van der Waals surface area contributed by atoms with Gasteiger partial charge < -0.3 is 10.1 Å². The van der Waals surface area contributed by atoms with Crippen LogP contribution in [0.2, 0.25) is 0 Å². The summed E-state index contributed by atoms with van der Waals surface area (Å²) in [5.41, 5.74) is 1.15. The van der Waals surface area contributed by atoms with Crippen molar-refractivity contribution >= 4 is 27.3 Å². The van der Waals surface area contributed by atoms with E-state index in [9.17, 15) is 13.2 Å². The highest BCUT2D eigenvalue weighted by molar-refractivity contribution is 7.92. The molecule has 0 saturated heterocycles. The van der Waals surface area contributed by atoms with Gasteiger partial charge in [0.15, 0.2) is 0 Å². The standard InChI is InChI=1S/C23H21N5O4S/c1-27(19-7-9-20(32-2)10-8-19)33(30,31)21-5-3-4-17(14-21)23(29)26-18-6-11-22(25-15-18)28-13-12-24-16-28/h3-16H,1-2H3,(H,26,29). The summed E-state index contributed by atoms with van der Waals surface area (Å²) >= 11 is 0. The van der Waals surface area contributed by atoms with Gasteiger partial charge in [0, 0.05) is 25.0 Å². The van der Waals surface area contributed by atoms with Crippen molar-refractivity contribution in [2.75, 3.05) is 23.8 Å². The fourth-order valence-electron chi connectivity index (χ4n) is 3.10. The normalized spacial score (nSPS) is 11.1. The molecule has 0 aliphatic carbocycles. The van der Waals surface area contributed by atoms with E-state index < -0.39 is 15.9 Å². The minimum Gasteiger partial charge on any atom is -0.497 e. The molecule has 10 heteroatoms. The minimum atomic E-state index is -3.88. The Morgan fingerprint density at radius 3 is 2.52 bits per heavy atom. The molecule has 2 aromatic heterocycles. The molecule has 1 N–H and O–H groups in total. The topological polar surface area (TPSA) is 106 Å². The molecule has 0 unspecified atom stereocenters. The number of ether oxygens (including phenoxy) is 1. The molecule has 0 aliphatic rings. The quantitative estimate of drug-likeness (QED) is 0.451. The van der Waals surface area contributed by atoms with Crippen molar-refractivity contribution in [1.82, 2.24) is 14.5 Å². The first-order valence-electron chi connectivity index (χ1n) is 9.87. The molecular formula is C23H21N5O4S. The van der Waals surface area contributed by atoms with Crippen LogP contribution in [-0.4, -0.2) is 43.0 Å². The van der Waals surface area contributed by atoms with Gasteiger partial charge in [0.05, 0.1) is 29.6 Å². The van der Waals surface area contributed by atoms with Crippen LogP contribution in [0.25, 0.3) is 5.82 Å². The zero-order valence-corrected chi connectivity index (χ0v) is 18.7. The van der Waals surface area contributed by atoms with Gasteiger partial charge in [-0.1, -0.05) is 6.07 Å². The largest absolute Gasteiger partial charge is 0.497 e. The van der Waals surface area contributed by atoms with E-state index in [1.165, 1.54) is 38.6 Å². The number of hydrogen-bond acceptors (Lipinski definition) is 6. The van der Waals surface area contributed by atoms with Crippen LogP contribution in [-0.2, 0) is 10.0 Å². The Labute approximate surface area is 191 Å². The number of benzene rings is 2. The lowest BCUT2D eigenvalue weighted by atomic mass is 10.2. The number of anilines is 2. The highest BCUT2D eigenvalue weighted by atomic mass is 32.2. The maximum absolute atomic E-state index is 13.1. The second-order valence-corrected chi connectivity index (χ2v) is 9.00. The third-order valence-electron chi connectivity index (χ3n) is 4.97. The fourth-order valence-corrected chi connectivity index (χ4v) is 4.34. The summed E-state index contributed by atoms with van der Waals surface area (Å²) < 4.78 is 34.2. The third kappa shape index (κ3) is 4.70. The average Bonchev–Trinajstić information content (AvgIpc) is 3.39. The third-order valence-corrected chi connectivity index (χ3v) is 6.75. The molecule has 0 saturated carbocycles. The summed E-state index contributed by atoms with van der Waals surface area (Å²) in [7, 11) is -0.886. The van der Waals surface area contributed by atoms with E-state index in [-0.39, 0.29) is 10.5 Å². The summed E-state index contributed by atoms with van der Waals surface area (Å²) in [6, 6.07) is 16.0. The lowest BCUT2D eigenvalue weighted by Gasteiger charge is -2.20.